The van der Waals surface area contributed by atoms with Crippen LogP contribution in [0.1, 0.15) is 23.6 Å². The Balaban J connectivity index is 2.62. The summed E-state index contributed by atoms with van der Waals surface area (Å²) in [5.74, 6) is 0. The average molecular weight is 276 g/mol. The Bertz CT molecular complexity index is 605. The summed E-state index contributed by atoms with van der Waals surface area (Å²) in [5.41, 5.74) is 1.38. The zero-order valence-corrected chi connectivity index (χ0v) is 11.3. The molecule has 0 aliphatic carbocycles. The van der Waals surface area contributed by atoms with Crippen LogP contribution < -0.4 is 0 Å². The van der Waals surface area contributed by atoms with Gasteiger partial charge in [-0.05, 0) is 30.5 Å². The van der Waals surface area contributed by atoms with E-state index < -0.39 is 11.7 Å². The third-order valence-electron chi connectivity index (χ3n) is 3.21. The first-order valence-electron chi connectivity index (χ1n) is 6.30. The molecule has 0 heterocycles. The van der Waals surface area contributed by atoms with Gasteiger partial charge in [-0.25, -0.2) is 0 Å². The SMILES string of the molecule is C/C(=C(\c1ccc(C)cc1)C(F)(F)F)c1ccccc1. The lowest BCUT2D eigenvalue weighted by Crippen LogP contribution is -2.12. The van der Waals surface area contributed by atoms with Crippen molar-refractivity contribution in [1.82, 2.24) is 0 Å². The predicted octanol–water partition coefficient (Wildman–Crippen LogP) is 5.49. The maximum atomic E-state index is 13.4. The van der Waals surface area contributed by atoms with E-state index in [9.17, 15) is 13.2 Å². The summed E-state index contributed by atoms with van der Waals surface area (Å²) < 4.78 is 40.2. The Labute approximate surface area is 116 Å². The molecule has 0 saturated carbocycles. The van der Waals surface area contributed by atoms with Crippen molar-refractivity contribution in [1.29, 1.82) is 0 Å². The maximum Gasteiger partial charge on any atom is 0.417 e. The largest absolute Gasteiger partial charge is 0.417 e. The molecule has 0 aromatic heterocycles. The van der Waals surface area contributed by atoms with Crippen molar-refractivity contribution in [3.63, 3.8) is 0 Å². The molecule has 2 aromatic carbocycles. The number of alkyl halides is 3. The van der Waals surface area contributed by atoms with Gasteiger partial charge in [-0.15, -0.1) is 0 Å². The van der Waals surface area contributed by atoms with Crippen LogP contribution >= 0.6 is 0 Å². The fourth-order valence-corrected chi connectivity index (χ4v) is 2.15. The van der Waals surface area contributed by atoms with E-state index in [0.717, 1.165) is 5.56 Å². The molecule has 0 N–H and O–H groups in total. The van der Waals surface area contributed by atoms with Gasteiger partial charge in [-0.2, -0.15) is 13.2 Å². The number of halogens is 3. The third-order valence-corrected chi connectivity index (χ3v) is 3.21. The molecule has 20 heavy (non-hydrogen) atoms. The molecule has 0 radical (unpaired) electrons. The molecule has 2 rings (SSSR count). The van der Waals surface area contributed by atoms with Gasteiger partial charge in [0.05, 0.1) is 5.57 Å². The van der Waals surface area contributed by atoms with Crippen LogP contribution in [0.4, 0.5) is 13.2 Å². The van der Waals surface area contributed by atoms with E-state index in [-0.39, 0.29) is 11.1 Å². The van der Waals surface area contributed by atoms with Gasteiger partial charge in [-0.1, -0.05) is 60.2 Å². The van der Waals surface area contributed by atoms with Crippen molar-refractivity contribution in [3.05, 3.63) is 71.3 Å². The summed E-state index contributed by atoms with van der Waals surface area (Å²) in [6.07, 6.45) is -4.38. The predicted molar refractivity (Wildman–Crippen MR) is 76.2 cm³/mol. The molecular formula is C17H15F3. The van der Waals surface area contributed by atoms with Gasteiger partial charge in [0.2, 0.25) is 0 Å². The summed E-state index contributed by atoms with van der Waals surface area (Å²) in [6.45, 7) is 3.36. The van der Waals surface area contributed by atoms with Crippen LogP contribution in [0.3, 0.4) is 0 Å². The third kappa shape index (κ3) is 3.10. The minimum atomic E-state index is -4.38. The zero-order valence-electron chi connectivity index (χ0n) is 11.3. The van der Waals surface area contributed by atoms with Crippen molar-refractivity contribution in [2.75, 3.05) is 0 Å². The molecule has 2 aromatic rings. The number of benzene rings is 2. The Kier molecular flexibility index (Phi) is 3.98. The number of hydrogen-bond acceptors (Lipinski definition) is 0. The molecule has 0 unspecified atom stereocenters. The fourth-order valence-electron chi connectivity index (χ4n) is 2.15. The number of aryl methyl sites for hydroxylation is 1. The first-order valence-corrected chi connectivity index (χ1v) is 6.30. The van der Waals surface area contributed by atoms with Gasteiger partial charge in [0, 0.05) is 0 Å². The van der Waals surface area contributed by atoms with Crippen LogP contribution in [0.5, 0.6) is 0 Å². The quantitative estimate of drug-likeness (QED) is 0.636. The Morgan fingerprint density at radius 1 is 0.800 bits per heavy atom. The van der Waals surface area contributed by atoms with Crippen LogP contribution in [0.2, 0.25) is 0 Å². The second-order valence-corrected chi connectivity index (χ2v) is 4.73. The monoisotopic (exact) mass is 276 g/mol. The van der Waals surface area contributed by atoms with Crippen molar-refractivity contribution in [2.24, 2.45) is 0 Å². The van der Waals surface area contributed by atoms with E-state index in [2.05, 4.69) is 0 Å². The fraction of sp³-hybridized carbons (Fsp3) is 0.176. The lowest BCUT2D eigenvalue weighted by atomic mass is 9.95. The Morgan fingerprint density at radius 3 is 1.85 bits per heavy atom. The first kappa shape index (κ1) is 14.4. The van der Waals surface area contributed by atoms with E-state index in [1.165, 1.54) is 19.1 Å². The van der Waals surface area contributed by atoms with Gasteiger partial charge < -0.3 is 0 Å². The minimum Gasteiger partial charge on any atom is -0.166 e. The molecule has 0 nitrogen and oxygen atoms in total. The van der Waals surface area contributed by atoms with E-state index in [1.54, 1.807) is 42.5 Å². The second-order valence-electron chi connectivity index (χ2n) is 4.73. The smallest absolute Gasteiger partial charge is 0.166 e. The highest BCUT2D eigenvalue weighted by atomic mass is 19.4. The first-order chi connectivity index (χ1) is 9.39. The Hall–Kier alpha value is -2.03. The molecule has 0 aliphatic heterocycles. The minimum absolute atomic E-state index is 0.199. The molecule has 3 heteroatoms. The molecule has 0 spiro atoms. The van der Waals surface area contributed by atoms with Gasteiger partial charge in [0.1, 0.15) is 0 Å². The standard InChI is InChI=1S/C17H15F3/c1-12-8-10-15(11-9-12)16(17(18,19)20)13(2)14-6-4-3-5-7-14/h3-11H,1-2H3/b16-13-. The van der Waals surface area contributed by atoms with Crippen molar-refractivity contribution in [2.45, 2.75) is 20.0 Å². The molecule has 0 saturated heterocycles. The van der Waals surface area contributed by atoms with Gasteiger partial charge in [-0.3, -0.25) is 0 Å². The van der Waals surface area contributed by atoms with E-state index >= 15 is 0 Å². The molecule has 104 valence electrons. The van der Waals surface area contributed by atoms with E-state index in [4.69, 9.17) is 0 Å². The summed E-state index contributed by atoms with van der Waals surface area (Å²) in [4.78, 5) is 0. The lowest BCUT2D eigenvalue weighted by Gasteiger charge is -2.16. The van der Waals surface area contributed by atoms with E-state index in [1.807, 2.05) is 6.92 Å². The van der Waals surface area contributed by atoms with Crippen LogP contribution in [0.15, 0.2) is 54.6 Å². The number of allylic oxidation sites excluding steroid dienone is 2. The van der Waals surface area contributed by atoms with Crippen molar-refractivity contribution < 1.29 is 13.2 Å². The topological polar surface area (TPSA) is 0 Å². The maximum absolute atomic E-state index is 13.4. The van der Waals surface area contributed by atoms with Crippen molar-refractivity contribution in [3.8, 4) is 0 Å². The second kappa shape index (κ2) is 5.53. The van der Waals surface area contributed by atoms with Crippen LogP contribution in [0, 0.1) is 6.92 Å². The highest BCUT2D eigenvalue weighted by Crippen LogP contribution is 2.39. The van der Waals surface area contributed by atoms with Crippen LogP contribution in [-0.2, 0) is 0 Å². The average Bonchev–Trinajstić information content (AvgIpc) is 2.41. The molecule has 0 amide bonds. The number of rotatable bonds is 2. The van der Waals surface area contributed by atoms with Gasteiger partial charge >= 0.3 is 6.18 Å². The highest BCUT2D eigenvalue weighted by molar-refractivity contribution is 5.92. The molecule has 0 bridgehead atoms. The van der Waals surface area contributed by atoms with Gasteiger partial charge in [0.25, 0.3) is 0 Å². The molecule has 0 fully saturated rings. The summed E-state index contributed by atoms with van der Waals surface area (Å²) in [7, 11) is 0. The number of hydrogen-bond donors (Lipinski definition) is 0. The zero-order chi connectivity index (χ0) is 14.8. The normalized spacial score (nSPS) is 13.1. The van der Waals surface area contributed by atoms with E-state index in [0.29, 0.717) is 5.56 Å². The molecule has 0 atom stereocenters. The summed E-state index contributed by atoms with van der Waals surface area (Å²) in [6, 6.07) is 15.1. The Morgan fingerprint density at radius 2 is 1.35 bits per heavy atom. The van der Waals surface area contributed by atoms with Crippen LogP contribution in [-0.4, -0.2) is 6.18 Å². The summed E-state index contributed by atoms with van der Waals surface area (Å²) >= 11 is 0. The molecule has 0 aliphatic rings. The summed E-state index contributed by atoms with van der Waals surface area (Å²) in [5, 5.41) is 0. The van der Waals surface area contributed by atoms with Crippen LogP contribution in [0.25, 0.3) is 11.1 Å². The lowest BCUT2D eigenvalue weighted by molar-refractivity contribution is -0.0685. The highest BCUT2D eigenvalue weighted by Gasteiger charge is 2.36. The molecular weight excluding hydrogens is 261 g/mol. The van der Waals surface area contributed by atoms with Crippen molar-refractivity contribution >= 4 is 11.1 Å². The van der Waals surface area contributed by atoms with Gasteiger partial charge in [0.15, 0.2) is 0 Å².